The standard InChI is InChI=1S/C27H36N2O3.ClH/c30-26(29-32-27(31)12-6-11-24-17-19-28-20-18-24)21-25-15-13-23(14-16-25)10-5-4-9-22-7-2-1-3-8-22;/h1-3,7-8,13-16,24,28H,4-6,9-12,17-21H2,(H,29,30);1H. The van der Waals surface area contributed by atoms with Crippen molar-refractivity contribution in [3.05, 3.63) is 71.3 Å². The van der Waals surface area contributed by atoms with E-state index >= 15 is 0 Å². The van der Waals surface area contributed by atoms with Gasteiger partial charge in [0.15, 0.2) is 0 Å². The van der Waals surface area contributed by atoms with Gasteiger partial charge >= 0.3 is 5.97 Å². The molecule has 1 aliphatic heterocycles. The van der Waals surface area contributed by atoms with Crippen molar-refractivity contribution < 1.29 is 14.4 Å². The van der Waals surface area contributed by atoms with Crippen LogP contribution in [0.4, 0.5) is 0 Å². The zero-order valence-electron chi connectivity index (χ0n) is 19.4. The number of carbonyl (C=O) groups excluding carboxylic acids is 2. The molecule has 0 unspecified atom stereocenters. The number of rotatable bonds is 11. The summed E-state index contributed by atoms with van der Waals surface area (Å²) in [6.07, 6.45) is 9.22. The van der Waals surface area contributed by atoms with Crippen molar-refractivity contribution in [2.45, 2.75) is 64.2 Å². The molecule has 1 aliphatic rings. The van der Waals surface area contributed by atoms with Crippen LogP contribution in [0.1, 0.15) is 61.6 Å². The summed E-state index contributed by atoms with van der Waals surface area (Å²) in [5, 5.41) is 3.35. The lowest BCUT2D eigenvalue weighted by molar-refractivity contribution is -0.158. The van der Waals surface area contributed by atoms with Gasteiger partial charge in [0.2, 0.25) is 0 Å². The van der Waals surface area contributed by atoms with Crippen molar-refractivity contribution in [1.82, 2.24) is 10.8 Å². The molecule has 0 aromatic heterocycles. The zero-order chi connectivity index (χ0) is 22.4. The SMILES string of the molecule is Cl.O=C(Cc1ccc(CCCCc2ccccc2)cc1)NOC(=O)CCCC1CCNCC1. The Morgan fingerprint density at radius 2 is 1.45 bits per heavy atom. The Labute approximate surface area is 204 Å². The first-order valence-corrected chi connectivity index (χ1v) is 12.0. The maximum atomic E-state index is 12.1. The zero-order valence-corrected chi connectivity index (χ0v) is 20.2. The Bertz CT molecular complexity index is 821. The summed E-state index contributed by atoms with van der Waals surface area (Å²) in [4.78, 5) is 28.9. The molecule has 3 rings (SSSR count). The number of hydrogen-bond acceptors (Lipinski definition) is 4. The fourth-order valence-electron chi connectivity index (χ4n) is 4.22. The van der Waals surface area contributed by atoms with Crippen LogP contribution in [0.5, 0.6) is 0 Å². The molecule has 2 aromatic rings. The number of hydrogen-bond donors (Lipinski definition) is 2. The lowest BCUT2D eigenvalue weighted by Crippen LogP contribution is -2.29. The van der Waals surface area contributed by atoms with Gasteiger partial charge in [0.1, 0.15) is 0 Å². The third-order valence-corrected chi connectivity index (χ3v) is 6.14. The van der Waals surface area contributed by atoms with Crippen molar-refractivity contribution >= 4 is 24.3 Å². The van der Waals surface area contributed by atoms with E-state index in [0.29, 0.717) is 12.3 Å². The monoisotopic (exact) mass is 472 g/mol. The van der Waals surface area contributed by atoms with Gasteiger partial charge in [-0.25, -0.2) is 4.79 Å². The Kier molecular flexibility index (Phi) is 12.6. The lowest BCUT2D eigenvalue weighted by atomic mass is 9.92. The number of halogens is 1. The molecule has 6 heteroatoms. The van der Waals surface area contributed by atoms with Crippen molar-refractivity contribution in [3.8, 4) is 0 Å². The maximum absolute atomic E-state index is 12.1. The molecule has 0 aliphatic carbocycles. The van der Waals surface area contributed by atoms with Gasteiger partial charge in [0.25, 0.3) is 5.91 Å². The first kappa shape index (κ1) is 26.9. The second-order valence-electron chi connectivity index (χ2n) is 8.77. The summed E-state index contributed by atoms with van der Waals surface area (Å²) >= 11 is 0. The lowest BCUT2D eigenvalue weighted by Gasteiger charge is -2.22. The van der Waals surface area contributed by atoms with Crippen molar-refractivity contribution in [1.29, 1.82) is 0 Å². The normalized spacial score (nSPS) is 13.7. The Balaban J connectivity index is 0.00000385. The molecule has 2 aromatic carbocycles. The number of carbonyl (C=O) groups is 2. The van der Waals surface area contributed by atoms with Crippen LogP contribution < -0.4 is 10.8 Å². The van der Waals surface area contributed by atoms with Gasteiger partial charge in [0, 0.05) is 6.42 Å². The van der Waals surface area contributed by atoms with Gasteiger partial charge in [-0.3, -0.25) is 4.79 Å². The van der Waals surface area contributed by atoms with E-state index in [1.165, 1.54) is 24.0 Å². The largest absolute Gasteiger partial charge is 0.341 e. The predicted molar refractivity (Wildman–Crippen MR) is 134 cm³/mol. The average Bonchev–Trinajstić information content (AvgIpc) is 2.83. The first-order chi connectivity index (χ1) is 15.7. The van der Waals surface area contributed by atoms with Crippen molar-refractivity contribution in [2.24, 2.45) is 5.92 Å². The topological polar surface area (TPSA) is 67.4 Å². The van der Waals surface area contributed by atoms with Crippen LogP contribution in [0.25, 0.3) is 0 Å². The van der Waals surface area contributed by atoms with E-state index in [0.717, 1.165) is 57.2 Å². The van der Waals surface area contributed by atoms with Crippen LogP contribution in [0.15, 0.2) is 54.6 Å². The highest BCUT2D eigenvalue weighted by atomic mass is 35.5. The Morgan fingerprint density at radius 3 is 2.12 bits per heavy atom. The Morgan fingerprint density at radius 1 is 0.848 bits per heavy atom. The summed E-state index contributed by atoms with van der Waals surface area (Å²) in [6, 6.07) is 18.7. The van der Waals surface area contributed by atoms with Gasteiger partial charge in [0.05, 0.1) is 6.42 Å². The molecule has 2 N–H and O–H groups in total. The number of amides is 1. The predicted octanol–water partition coefficient (Wildman–Crippen LogP) is 4.96. The summed E-state index contributed by atoms with van der Waals surface area (Å²) in [5.74, 6) is 0.0379. The van der Waals surface area contributed by atoms with Crippen LogP contribution in [0.2, 0.25) is 0 Å². The summed E-state index contributed by atoms with van der Waals surface area (Å²) in [5.41, 5.74) is 5.87. The highest BCUT2D eigenvalue weighted by Crippen LogP contribution is 2.18. The van der Waals surface area contributed by atoms with E-state index in [4.69, 9.17) is 4.84 Å². The van der Waals surface area contributed by atoms with Gasteiger partial charge in [-0.2, -0.15) is 5.48 Å². The number of unbranched alkanes of at least 4 members (excludes halogenated alkanes) is 1. The smallest absolute Gasteiger partial charge is 0.332 e. The van der Waals surface area contributed by atoms with E-state index in [1.54, 1.807) is 0 Å². The highest BCUT2D eigenvalue weighted by molar-refractivity contribution is 5.85. The van der Waals surface area contributed by atoms with Gasteiger partial charge in [-0.05, 0) is 87.1 Å². The van der Waals surface area contributed by atoms with Crippen LogP contribution in [-0.4, -0.2) is 25.0 Å². The highest BCUT2D eigenvalue weighted by Gasteiger charge is 2.14. The fourth-order valence-corrected chi connectivity index (χ4v) is 4.22. The summed E-state index contributed by atoms with van der Waals surface area (Å²) in [7, 11) is 0. The molecule has 1 fully saturated rings. The molecule has 1 saturated heterocycles. The minimum Gasteiger partial charge on any atom is -0.341 e. The quantitative estimate of drug-likeness (QED) is 0.358. The molecule has 0 radical (unpaired) electrons. The van der Waals surface area contributed by atoms with Crippen LogP contribution in [0.3, 0.4) is 0 Å². The second-order valence-corrected chi connectivity index (χ2v) is 8.77. The van der Waals surface area contributed by atoms with E-state index in [1.807, 2.05) is 18.2 Å². The summed E-state index contributed by atoms with van der Waals surface area (Å²) in [6.45, 7) is 2.14. The third-order valence-electron chi connectivity index (χ3n) is 6.14. The van der Waals surface area contributed by atoms with Crippen LogP contribution in [-0.2, 0) is 33.7 Å². The van der Waals surface area contributed by atoms with Gasteiger partial charge < -0.3 is 10.2 Å². The van der Waals surface area contributed by atoms with Gasteiger partial charge in [-0.15, -0.1) is 12.4 Å². The molecule has 0 spiro atoms. The van der Waals surface area contributed by atoms with E-state index in [9.17, 15) is 9.59 Å². The Hall–Kier alpha value is -2.37. The second kappa shape index (κ2) is 15.5. The number of aryl methyl sites for hydroxylation is 2. The molecule has 180 valence electrons. The molecule has 5 nitrogen and oxygen atoms in total. The van der Waals surface area contributed by atoms with Gasteiger partial charge in [-0.1, -0.05) is 54.6 Å². The maximum Gasteiger partial charge on any atom is 0.332 e. The average molecular weight is 473 g/mol. The van der Waals surface area contributed by atoms with E-state index < -0.39 is 0 Å². The molecule has 0 bridgehead atoms. The summed E-state index contributed by atoms with van der Waals surface area (Å²) < 4.78 is 0. The molecule has 1 amide bonds. The molecule has 0 saturated carbocycles. The molecule has 33 heavy (non-hydrogen) atoms. The van der Waals surface area contributed by atoms with Crippen LogP contribution in [0, 0.1) is 5.92 Å². The van der Waals surface area contributed by atoms with Crippen molar-refractivity contribution in [3.63, 3.8) is 0 Å². The fraction of sp³-hybridized carbons (Fsp3) is 0.481. The number of hydroxylamine groups is 1. The number of nitrogens with one attached hydrogen (secondary N) is 2. The van der Waals surface area contributed by atoms with E-state index in [2.05, 4.69) is 47.2 Å². The van der Waals surface area contributed by atoms with Crippen molar-refractivity contribution in [2.75, 3.05) is 13.1 Å². The number of benzene rings is 2. The molecule has 0 atom stereocenters. The first-order valence-electron chi connectivity index (χ1n) is 12.0. The molecular formula is C27H37ClN2O3. The molecule has 1 heterocycles. The third kappa shape index (κ3) is 10.9. The van der Waals surface area contributed by atoms with Crippen LogP contribution >= 0.6 is 12.4 Å². The minimum atomic E-state index is -0.363. The molecular weight excluding hydrogens is 436 g/mol. The van der Waals surface area contributed by atoms with E-state index in [-0.39, 0.29) is 30.7 Å². The minimum absolute atomic E-state index is 0. The number of piperidine rings is 1.